The summed E-state index contributed by atoms with van der Waals surface area (Å²) in [5.41, 5.74) is 1.38. The number of benzene rings is 1. The summed E-state index contributed by atoms with van der Waals surface area (Å²) >= 11 is 0. The second-order valence-corrected chi connectivity index (χ2v) is 7.13. The van der Waals surface area contributed by atoms with Crippen LogP contribution in [0.5, 0.6) is 0 Å². The smallest absolute Gasteiger partial charge is 0.243 e. The Morgan fingerprint density at radius 1 is 1.19 bits per heavy atom. The van der Waals surface area contributed by atoms with Crippen molar-refractivity contribution in [3.8, 4) is 11.4 Å². The molecule has 0 atom stereocenters. The third kappa shape index (κ3) is 2.58. The van der Waals surface area contributed by atoms with Crippen LogP contribution < -0.4 is 0 Å². The molecule has 1 aliphatic heterocycles. The number of hydrogen-bond acceptors (Lipinski definition) is 5. The highest BCUT2D eigenvalue weighted by Crippen LogP contribution is 2.27. The molecule has 21 heavy (non-hydrogen) atoms. The van der Waals surface area contributed by atoms with Crippen LogP contribution in [0.4, 0.5) is 0 Å². The summed E-state index contributed by atoms with van der Waals surface area (Å²) in [7, 11) is -3.45. The van der Waals surface area contributed by atoms with E-state index >= 15 is 0 Å². The van der Waals surface area contributed by atoms with E-state index in [1.54, 1.807) is 30.3 Å². The molecular formula is C14H17N3O3S. The lowest BCUT2D eigenvalue weighted by molar-refractivity contribution is 0.394. The quantitative estimate of drug-likeness (QED) is 0.868. The van der Waals surface area contributed by atoms with Gasteiger partial charge in [-0.3, -0.25) is 0 Å². The number of sulfonamides is 1. The first kappa shape index (κ1) is 14.2. The Balaban J connectivity index is 2.06. The van der Waals surface area contributed by atoms with Crippen molar-refractivity contribution in [3.05, 3.63) is 29.7 Å². The van der Waals surface area contributed by atoms with Crippen molar-refractivity contribution in [2.45, 2.75) is 31.6 Å². The average Bonchev–Trinajstić information content (AvgIpc) is 3.10. The Morgan fingerprint density at radius 2 is 1.90 bits per heavy atom. The largest absolute Gasteiger partial charge is 0.339 e. The summed E-state index contributed by atoms with van der Waals surface area (Å²) in [5.74, 6) is 0.861. The first-order valence-corrected chi connectivity index (χ1v) is 8.34. The summed E-state index contributed by atoms with van der Waals surface area (Å²) in [5, 5.41) is 3.84. The molecule has 0 bridgehead atoms. The van der Waals surface area contributed by atoms with Gasteiger partial charge in [-0.2, -0.15) is 9.29 Å². The van der Waals surface area contributed by atoms with Gasteiger partial charge in [0.25, 0.3) is 0 Å². The maximum Gasteiger partial charge on any atom is 0.243 e. The number of rotatable bonds is 3. The van der Waals surface area contributed by atoms with Crippen molar-refractivity contribution in [2.75, 3.05) is 13.1 Å². The Kier molecular flexibility index (Phi) is 3.54. The predicted octanol–water partition coefficient (Wildman–Crippen LogP) is 2.14. The molecule has 0 spiro atoms. The lowest BCUT2D eigenvalue weighted by Crippen LogP contribution is -2.28. The minimum atomic E-state index is -3.45. The van der Waals surface area contributed by atoms with E-state index in [1.165, 1.54) is 0 Å². The summed E-state index contributed by atoms with van der Waals surface area (Å²) in [4.78, 5) is 4.47. The minimum absolute atomic E-state index is 0.323. The van der Waals surface area contributed by atoms with Crippen molar-refractivity contribution in [2.24, 2.45) is 0 Å². The van der Waals surface area contributed by atoms with Gasteiger partial charge in [-0.15, -0.1) is 0 Å². The number of nitrogens with zero attached hydrogens (tertiary/aromatic N) is 3. The van der Waals surface area contributed by atoms with Crippen LogP contribution in [0.1, 0.15) is 24.3 Å². The molecule has 6 nitrogen and oxygen atoms in total. The third-order valence-corrected chi connectivity index (χ3v) is 5.70. The fraction of sp³-hybridized carbons (Fsp3) is 0.429. The Hall–Kier alpha value is -1.73. The molecule has 1 aliphatic rings. The van der Waals surface area contributed by atoms with E-state index in [9.17, 15) is 8.42 Å². The molecule has 2 heterocycles. The summed E-state index contributed by atoms with van der Waals surface area (Å²) in [6.45, 7) is 4.68. The van der Waals surface area contributed by atoms with Gasteiger partial charge in [0.15, 0.2) is 0 Å². The monoisotopic (exact) mass is 307 g/mol. The van der Waals surface area contributed by atoms with Crippen molar-refractivity contribution in [1.29, 1.82) is 0 Å². The summed E-state index contributed by atoms with van der Waals surface area (Å²) in [6.07, 6.45) is 1.84. The molecule has 1 aromatic carbocycles. The Bertz CT molecular complexity index is 762. The van der Waals surface area contributed by atoms with Gasteiger partial charge in [0.2, 0.25) is 21.7 Å². The standard InChI is InChI=1S/C14H17N3O3S/c1-10-5-6-12(14-15-11(2)20-16-14)9-13(10)21(18,19)17-7-3-4-8-17/h5-6,9H,3-4,7-8H2,1-2H3. The van der Waals surface area contributed by atoms with E-state index in [0.717, 1.165) is 18.4 Å². The molecule has 1 aromatic heterocycles. The molecule has 0 N–H and O–H groups in total. The maximum atomic E-state index is 12.7. The topological polar surface area (TPSA) is 76.3 Å². The molecule has 0 amide bonds. The molecular weight excluding hydrogens is 290 g/mol. The number of aromatic nitrogens is 2. The van der Waals surface area contributed by atoms with Gasteiger partial charge in [0, 0.05) is 25.6 Å². The van der Waals surface area contributed by atoms with E-state index in [4.69, 9.17) is 4.52 Å². The van der Waals surface area contributed by atoms with E-state index in [0.29, 0.717) is 35.3 Å². The minimum Gasteiger partial charge on any atom is -0.339 e. The highest BCUT2D eigenvalue weighted by atomic mass is 32.2. The molecule has 3 rings (SSSR count). The molecule has 0 radical (unpaired) electrons. The second kappa shape index (κ2) is 5.23. The van der Waals surface area contributed by atoms with Crippen LogP contribution in [0.15, 0.2) is 27.6 Å². The van der Waals surface area contributed by atoms with Crippen LogP contribution in [0.3, 0.4) is 0 Å². The van der Waals surface area contributed by atoms with Gasteiger partial charge in [0.05, 0.1) is 4.90 Å². The van der Waals surface area contributed by atoms with E-state index in [2.05, 4.69) is 10.1 Å². The van der Waals surface area contributed by atoms with Crippen molar-refractivity contribution in [1.82, 2.24) is 14.4 Å². The zero-order valence-corrected chi connectivity index (χ0v) is 12.9. The zero-order chi connectivity index (χ0) is 15.0. The highest BCUT2D eigenvalue weighted by Gasteiger charge is 2.29. The molecule has 1 saturated heterocycles. The molecule has 0 unspecified atom stereocenters. The molecule has 0 saturated carbocycles. The predicted molar refractivity (Wildman–Crippen MR) is 77.2 cm³/mol. The second-order valence-electron chi connectivity index (χ2n) is 5.23. The maximum absolute atomic E-state index is 12.7. The third-order valence-electron chi connectivity index (χ3n) is 3.66. The highest BCUT2D eigenvalue weighted by molar-refractivity contribution is 7.89. The van der Waals surface area contributed by atoms with Crippen LogP contribution in [-0.4, -0.2) is 36.0 Å². The normalized spacial score (nSPS) is 16.5. The summed E-state index contributed by atoms with van der Waals surface area (Å²) < 4.78 is 31.9. The summed E-state index contributed by atoms with van der Waals surface area (Å²) in [6, 6.07) is 5.22. The van der Waals surface area contributed by atoms with Crippen LogP contribution in [0.25, 0.3) is 11.4 Å². The number of hydrogen-bond donors (Lipinski definition) is 0. The van der Waals surface area contributed by atoms with Crippen molar-refractivity contribution in [3.63, 3.8) is 0 Å². The van der Waals surface area contributed by atoms with Gasteiger partial charge in [-0.05, 0) is 31.4 Å². The SMILES string of the molecule is Cc1nc(-c2ccc(C)c(S(=O)(=O)N3CCCC3)c2)no1. The molecule has 2 aromatic rings. The number of aryl methyl sites for hydroxylation is 2. The molecule has 112 valence electrons. The first-order valence-electron chi connectivity index (χ1n) is 6.90. The fourth-order valence-corrected chi connectivity index (χ4v) is 4.27. The average molecular weight is 307 g/mol. The zero-order valence-electron chi connectivity index (χ0n) is 12.0. The van der Waals surface area contributed by atoms with E-state index < -0.39 is 10.0 Å². The van der Waals surface area contributed by atoms with Gasteiger partial charge >= 0.3 is 0 Å². The molecule has 1 fully saturated rings. The van der Waals surface area contributed by atoms with Crippen LogP contribution >= 0.6 is 0 Å². The first-order chi connectivity index (χ1) is 9.98. The van der Waals surface area contributed by atoms with Gasteiger partial charge < -0.3 is 4.52 Å². The van der Waals surface area contributed by atoms with Gasteiger partial charge in [-0.1, -0.05) is 17.3 Å². The van der Waals surface area contributed by atoms with E-state index in [-0.39, 0.29) is 0 Å². The van der Waals surface area contributed by atoms with Crippen molar-refractivity contribution >= 4 is 10.0 Å². The van der Waals surface area contributed by atoms with Crippen LogP contribution in [-0.2, 0) is 10.0 Å². The Labute approximate surface area is 123 Å². The van der Waals surface area contributed by atoms with Crippen LogP contribution in [0, 0.1) is 13.8 Å². The lowest BCUT2D eigenvalue weighted by atomic mass is 10.1. The van der Waals surface area contributed by atoms with Crippen LogP contribution in [0.2, 0.25) is 0 Å². The van der Waals surface area contributed by atoms with Gasteiger partial charge in [0.1, 0.15) is 0 Å². The van der Waals surface area contributed by atoms with Crippen molar-refractivity contribution < 1.29 is 12.9 Å². The lowest BCUT2D eigenvalue weighted by Gasteiger charge is -2.17. The Morgan fingerprint density at radius 3 is 2.52 bits per heavy atom. The fourth-order valence-electron chi connectivity index (χ4n) is 2.50. The molecule has 0 aliphatic carbocycles. The van der Waals surface area contributed by atoms with Gasteiger partial charge in [-0.25, -0.2) is 8.42 Å². The van der Waals surface area contributed by atoms with E-state index in [1.807, 2.05) is 6.07 Å². The molecule has 7 heteroatoms.